The number of hydrogen-bond acceptors (Lipinski definition) is 5. The van der Waals surface area contributed by atoms with Crippen LogP contribution in [-0.2, 0) is 4.74 Å². The molecule has 0 bridgehead atoms. The largest absolute Gasteiger partial charge is 0.462 e. The first-order valence-corrected chi connectivity index (χ1v) is 9.32. The lowest BCUT2D eigenvalue weighted by atomic mass is 10.0. The van der Waals surface area contributed by atoms with Gasteiger partial charge in [0, 0.05) is 15.5 Å². The van der Waals surface area contributed by atoms with Crippen LogP contribution < -0.4 is 0 Å². The van der Waals surface area contributed by atoms with E-state index in [0.29, 0.717) is 33.7 Å². The van der Waals surface area contributed by atoms with Crippen LogP contribution in [0.5, 0.6) is 0 Å². The number of hydrogen-bond donors (Lipinski definition) is 0. The van der Waals surface area contributed by atoms with Crippen molar-refractivity contribution in [1.82, 2.24) is 9.97 Å². The monoisotopic (exact) mass is 384 g/mol. The number of carbonyl (C=O) groups excluding carboxylic acids is 1. The molecule has 0 aliphatic rings. The SMILES string of the molecule is CCOC(=O)c1c(C)nc(Sc2ccc(Cl)cc2)nc1-c1ccccc1. The molecule has 3 aromatic rings. The summed E-state index contributed by atoms with van der Waals surface area (Å²) in [5.41, 5.74) is 2.42. The minimum absolute atomic E-state index is 0.299. The topological polar surface area (TPSA) is 52.1 Å². The number of esters is 1. The van der Waals surface area contributed by atoms with E-state index in [4.69, 9.17) is 16.3 Å². The summed E-state index contributed by atoms with van der Waals surface area (Å²) >= 11 is 7.36. The van der Waals surface area contributed by atoms with Gasteiger partial charge in [0.25, 0.3) is 0 Å². The van der Waals surface area contributed by atoms with Crippen LogP contribution in [0.4, 0.5) is 0 Å². The minimum Gasteiger partial charge on any atom is -0.462 e. The number of benzene rings is 2. The molecular formula is C20H17ClN2O2S. The summed E-state index contributed by atoms with van der Waals surface area (Å²) in [7, 11) is 0. The Morgan fingerprint density at radius 3 is 2.42 bits per heavy atom. The molecule has 3 rings (SSSR count). The molecule has 26 heavy (non-hydrogen) atoms. The highest BCUT2D eigenvalue weighted by atomic mass is 35.5. The Morgan fingerprint density at radius 2 is 1.77 bits per heavy atom. The zero-order chi connectivity index (χ0) is 18.5. The van der Waals surface area contributed by atoms with E-state index in [0.717, 1.165) is 10.5 Å². The Bertz CT molecular complexity index is 915. The van der Waals surface area contributed by atoms with Gasteiger partial charge in [0.2, 0.25) is 0 Å². The maximum Gasteiger partial charge on any atom is 0.342 e. The Morgan fingerprint density at radius 1 is 1.08 bits per heavy atom. The number of carbonyl (C=O) groups is 1. The van der Waals surface area contributed by atoms with Gasteiger partial charge < -0.3 is 4.74 Å². The van der Waals surface area contributed by atoms with Gasteiger partial charge >= 0.3 is 5.97 Å². The number of ether oxygens (including phenoxy) is 1. The lowest BCUT2D eigenvalue weighted by molar-refractivity contribution is 0.0525. The summed E-state index contributed by atoms with van der Waals surface area (Å²) in [6, 6.07) is 17.0. The van der Waals surface area contributed by atoms with Crippen molar-refractivity contribution in [2.45, 2.75) is 23.9 Å². The van der Waals surface area contributed by atoms with Crippen molar-refractivity contribution in [2.24, 2.45) is 0 Å². The number of nitrogens with zero attached hydrogens (tertiary/aromatic N) is 2. The van der Waals surface area contributed by atoms with Crippen LogP contribution in [0, 0.1) is 6.92 Å². The lowest BCUT2D eigenvalue weighted by Gasteiger charge is -2.12. The molecule has 0 saturated heterocycles. The predicted octanol–water partition coefficient (Wildman–Crippen LogP) is 5.43. The van der Waals surface area contributed by atoms with Crippen molar-refractivity contribution in [2.75, 3.05) is 6.61 Å². The summed E-state index contributed by atoms with van der Waals surface area (Å²) < 4.78 is 5.20. The van der Waals surface area contributed by atoms with Gasteiger partial charge in [-0.25, -0.2) is 14.8 Å². The Hall–Kier alpha value is -2.37. The highest BCUT2D eigenvalue weighted by molar-refractivity contribution is 7.99. The lowest BCUT2D eigenvalue weighted by Crippen LogP contribution is -2.12. The molecule has 0 radical (unpaired) electrons. The van der Waals surface area contributed by atoms with Crippen LogP contribution in [0.3, 0.4) is 0 Å². The van der Waals surface area contributed by atoms with E-state index in [1.165, 1.54) is 11.8 Å². The number of aryl methyl sites for hydroxylation is 1. The first-order chi connectivity index (χ1) is 12.6. The minimum atomic E-state index is -0.410. The zero-order valence-corrected chi connectivity index (χ0v) is 16.0. The zero-order valence-electron chi connectivity index (χ0n) is 14.4. The van der Waals surface area contributed by atoms with Crippen LogP contribution in [0.25, 0.3) is 11.3 Å². The fourth-order valence-electron chi connectivity index (χ4n) is 2.45. The Balaban J connectivity index is 2.07. The van der Waals surface area contributed by atoms with Crippen LogP contribution >= 0.6 is 23.4 Å². The molecule has 6 heteroatoms. The molecule has 1 heterocycles. The van der Waals surface area contributed by atoms with Crippen LogP contribution in [0.15, 0.2) is 64.6 Å². The maximum absolute atomic E-state index is 12.4. The quantitative estimate of drug-likeness (QED) is 0.433. The third-order valence-electron chi connectivity index (χ3n) is 3.62. The van der Waals surface area contributed by atoms with Crippen molar-refractivity contribution >= 4 is 29.3 Å². The van der Waals surface area contributed by atoms with Crippen molar-refractivity contribution in [3.05, 3.63) is 70.9 Å². The molecule has 0 aliphatic carbocycles. The van der Waals surface area contributed by atoms with Crippen LogP contribution in [0.1, 0.15) is 23.0 Å². The first-order valence-electron chi connectivity index (χ1n) is 8.13. The molecule has 0 aliphatic heterocycles. The average molecular weight is 385 g/mol. The van der Waals surface area contributed by atoms with E-state index in [1.807, 2.05) is 54.6 Å². The molecular weight excluding hydrogens is 368 g/mol. The van der Waals surface area contributed by atoms with Gasteiger partial charge in [0.05, 0.1) is 18.0 Å². The summed E-state index contributed by atoms with van der Waals surface area (Å²) in [6.07, 6.45) is 0. The van der Waals surface area contributed by atoms with Crippen molar-refractivity contribution in [3.63, 3.8) is 0 Å². The van der Waals surface area contributed by atoms with Gasteiger partial charge in [-0.2, -0.15) is 0 Å². The van der Waals surface area contributed by atoms with Gasteiger partial charge in [0.1, 0.15) is 5.56 Å². The molecule has 0 N–H and O–H groups in total. The fourth-order valence-corrected chi connectivity index (χ4v) is 3.38. The molecule has 2 aromatic carbocycles. The van der Waals surface area contributed by atoms with E-state index in [-0.39, 0.29) is 0 Å². The van der Waals surface area contributed by atoms with E-state index in [2.05, 4.69) is 9.97 Å². The van der Waals surface area contributed by atoms with Crippen molar-refractivity contribution in [1.29, 1.82) is 0 Å². The van der Waals surface area contributed by atoms with Gasteiger partial charge in [-0.1, -0.05) is 41.9 Å². The normalized spacial score (nSPS) is 10.6. The van der Waals surface area contributed by atoms with Crippen LogP contribution in [0.2, 0.25) is 5.02 Å². The number of rotatable bonds is 5. The van der Waals surface area contributed by atoms with Gasteiger partial charge in [-0.3, -0.25) is 0 Å². The van der Waals surface area contributed by atoms with E-state index < -0.39 is 5.97 Å². The molecule has 0 atom stereocenters. The summed E-state index contributed by atoms with van der Waals surface area (Å²) in [5, 5.41) is 1.24. The molecule has 0 fully saturated rings. The summed E-state index contributed by atoms with van der Waals surface area (Å²) in [6.45, 7) is 3.88. The van der Waals surface area contributed by atoms with Crippen molar-refractivity contribution < 1.29 is 9.53 Å². The highest BCUT2D eigenvalue weighted by Gasteiger charge is 2.21. The fraction of sp³-hybridized carbons (Fsp3) is 0.150. The maximum atomic E-state index is 12.4. The Kier molecular flexibility index (Phi) is 5.91. The predicted molar refractivity (Wildman–Crippen MR) is 104 cm³/mol. The van der Waals surface area contributed by atoms with E-state index in [9.17, 15) is 4.79 Å². The van der Waals surface area contributed by atoms with E-state index >= 15 is 0 Å². The second-order valence-electron chi connectivity index (χ2n) is 5.46. The Labute approximate surface area is 161 Å². The van der Waals surface area contributed by atoms with Gasteiger partial charge in [0.15, 0.2) is 5.16 Å². The molecule has 0 amide bonds. The third-order valence-corrected chi connectivity index (χ3v) is 4.74. The average Bonchev–Trinajstić information content (AvgIpc) is 2.64. The first kappa shape index (κ1) is 18.4. The summed E-state index contributed by atoms with van der Waals surface area (Å²) in [5.74, 6) is -0.410. The van der Waals surface area contributed by atoms with Gasteiger partial charge in [-0.15, -0.1) is 0 Å². The second kappa shape index (κ2) is 8.34. The van der Waals surface area contributed by atoms with Crippen molar-refractivity contribution in [3.8, 4) is 11.3 Å². The number of aromatic nitrogens is 2. The molecule has 0 unspecified atom stereocenters. The van der Waals surface area contributed by atoms with Crippen LogP contribution in [-0.4, -0.2) is 22.5 Å². The second-order valence-corrected chi connectivity index (χ2v) is 6.93. The van der Waals surface area contributed by atoms with Gasteiger partial charge in [-0.05, 0) is 49.9 Å². The molecule has 132 valence electrons. The molecule has 4 nitrogen and oxygen atoms in total. The summed E-state index contributed by atoms with van der Waals surface area (Å²) in [4.78, 5) is 22.6. The molecule has 0 saturated carbocycles. The number of halogens is 1. The van der Waals surface area contributed by atoms with E-state index in [1.54, 1.807) is 13.8 Å². The third kappa shape index (κ3) is 4.23. The smallest absolute Gasteiger partial charge is 0.342 e. The molecule has 1 aromatic heterocycles. The highest BCUT2D eigenvalue weighted by Crippen LogP contribution is 2.31. The standard InChI is InChI=1S/C20H17ClN2O2S/c1-3-25-19(24)17-13(2)22-20(26-16-11-9-15(21)10-12-16)23-18(17)14-7-5-4-6-8-14/h4-12H,3H2,1-2H3. The molecule has 0 spiro atoms.